The molecule has 1 rings (SSSR count). The third-order valence-electron chi connectivity index (χ3n) is 2.52. The van der Waals surface area contributed by atoms with Crippen LogP contribution >= 0.6 is 24.0 Å². The Balaban J connectivity index is 0.00000361. The van der Waals surface area contributed by atoms with E-state index < -0.39 is 0 Å². The Kier molecular flexibility index (Phi) is 9.87. The summed E-state index contributed by atoms with van der Waals surface area (Å²) in [6.45, 7) is 5.85. The number of guanidine groups is 1. The normalized spacial score (nSPS) is 10.8. The van der Waals surface area contributed by atoms with Gasteiger partial charge in [-0.2, -0.15) is 0 Å². The van der Waals surface area contributed by atoms with Crippen LogP contribution in [0, 0.1) is 6.92 Å². The lowest BCUT2D eigenvalue weighted by Crippen LogP contribution is -2.34. The van der Waals surface area contributed by atoms with Crippen molar-refractivity contribution >= 4 is 35.8 Å². The lowest BCUT2D eigenvalue weighted by Gasteiger charge is -2.06. The van der Waals surface area contributed by atoms with E-state index in [1.807, 2.05) is 13.8 Å². The molecule has 0 aliphatic rings. The van der Waals surface area contributed by atoms with Crippen molar-refractivity contribution in [1.29, 1.82) is 0 Å². The zero-order chi connectivity index (χ0) is 14.1. The smallest absolute Gasteiger partial charge is 0.287 e. The molecule has 0 saturated heterocycles. The molecule has 1 aromatic heterocycles. The van der Waals surface area contributed by atoms with E-state index in [1.54, 1.807) is 6.07 Å². The van der Waals surface area contributed by atoms with Gasteiger partial charge in [0.25, 0.3) is 5.91 Å². The number of rotatable bonds is 7. The highest BCUT2D eigenvalue weighted by molar-refractivity contribution is 14.0. The van der Waals surface area contributed by atoms with Crippen molar-refractivity contribution in [2.75, 3.05) is 19.6 Å². The summed E-state index contributed by atoms with van der Waals surface area (Å²) >= 11 is 0. The maximum Gasteiger partial charge on any atom is 0.287 e. The van der Waals surface area contributed by atoms with Gasteiger partial charge in [0.15, 0.2) is 11.7 Å². The highest BCUT2D eigenvalue weighted by Crippen LogP contribution is 2.07. The van der Waals surface area contributed by atoms with Crippen LogP contribution in [0.4, 0.5) is 0 Å². The number of aliphatic imine (C=N–C) groups is 1. The molecule has 1 heterocycles. The van der Waals surface area contributed by atoms with E-state index in [9.17, 15) is 4.79 Å². The number of nitrogens with zero attached hydrogens (tertiary/aromatic N) is 1. The van der Waals surface area contributed by atoms with Crippen LogP contribution < -0.4 is 16.4 Å². The molecule has 0 spiro atoms. The van der Waals surface area contributed by atoms with Crippen molar-refractivity contribution in [2.45, 2.75) is 26.7 Å². The molecule has 0 aliphatic carbocycles. The molecule has 0 radical (unpaired) electrons. The summed E-state index contributed by atoms with van der Waals surface area (Å²) < 4.78 is 5.10. The molecule has 0 saturated carbocycles. The standard InChI is InChI=1S/C13H22N4O2.HI/c1-3-6-16-13(14)17-8-4-7-15-12(18)11-10(2)5-9-19-11;/h5,9H,3-4,6-8H2,1-2H3,(H,15,18)(H3,14,16,17);1H. The van der Waals surface area contributed by atoms with E-state index in [0.29, 0.717) is 24.8 Å². The molecule has 20 heavy (non-hydrogen) atoms. The summed E-state index contributed by atoms with van der Waals surface area (Å²) in [6.07, 6.45) is 3.26. The van der Waals surface area contributed by atoms with Gasteiger partial charge in [-0.15, -0.1) is 24.0 Å². The van der Waals surface area contributed by atoms with Gasteiger partial charge in [0.1, 0.15) is 0 Å². The maximum absolute atomic E-state index is 11.7. The molecule has 0 unspecified atom stereocenters. The number of nitrogens with two attached hydrogens (primary N) is 1. The fraction of sp³-hybridized carbons (Fsp3) is 0.538. The first-order valence-electron chi connectivity index (χ1n) is 6.51. The van der Waals surface area contributed by atoms with Crippen molar-refractivity contribution in [2.24, 2.45) is 10.7 Å². The minimum absolute atomic E-state index is 0. The van der Waals surface area contributed by atoms with Crippen LogP contribution in [-0.2, 0) is 0 Å². The van der Waals surface area contributed by atoms with Gasteiger partial charge in [-0.1, -0.05) is 6.92 Å². The van der Waals surface area contributed by atoms with Crippen LogP contribution in [0.3, 0.4) is 0 Å². The number of halogens is 1. The molecular formula is C13H23IN4O2. The number of carbonyl (C=O) groups excluding carboxylic acids is 1. The number of amides is 1. The van der Waals surface area contributed by atoms with Crippen LogP contribution in [0.5, 0.6) is 0 Å². The summed E-state index contributed by atoms with van der Waals surface area (Å²) in [6, 6.07) is 1.77. The second kappa shape index (κ2) is 10.5. The number of carbonyl (C=O) groups is 1. The Morgan fingerprint density at radius 3 is 2.70 bits per heavy atom. The summed E-state index contributed by atoms with van der Waals surface area (Å²) in [4.78, 5) is 15.8. The van der Waals surface area contributed by atoms with E-state index in [0.717, 1.165) is 24.9 Å². The molecule has 0 aromatic carbocycles. The number of aryl methyl sites for hydroxylation is 1. The molecular weight excluding hydrogens is 371 g/mol. The fourth-order valence-corrected chi connectivity index (χ4v) is 1.48. The lowest BCUT2D eigenvalue weighted by molar-refractivity contribution is 0.0925. The Morgan fingerprint density at radius 2 is 2.10 bits per heavy atom. The predicted molar refractivity (Wildman–Crippen MR) is 90.6 cm³/mol. The van der Waals surface area contributed by atoms with Crippen LogP contribution in [0.1, 0.15) is 35.9 Å². The minimum atomic E-state index is -0.185. The van der Waals surface area contributed by atoms with Crippen molar-refractivity contribution in [1.82, 2.24) is 10.6 Å². The van der Waals surface area contributed by atoms with Crippen LogP contribution in [-0.4, -0.2) is 31.5 Å². The molecule has 1 aromatic rings. The molecule has 4 N–H and O–H groups in total. The largest absolute Gasteiger partial charge is 0.459 e. The van der Waals surface area contributed by atoms with Crippen molar-refractivity contribution in [3.05, 3.63) is 23.7 Å². The van der Waals surface area contributed by atoms with Gasteiger partial charge in [-0.25, -0.2) is 0 Å². The first-order chi connectivity index (χ1) is 9.15. The highest BCUT2D eigenvalue weighted by atomic mass is 127. The van der Waals surface area contributed by atoms with Crippen molar-refractivity contribution < 1.29 is 9.21 Å². The van der Waals surface area contributed by atoms with E-state index in [4.69, 9.17) is 10.2 Å². The summed E-state index contributed by atoms with van der Waals surface area (Å²) in [5, 5.41) is 5.78. The Hall–Kier alpha value is -1.25. The number of furan rings is 1. The zero-order valence-corrected chi connectivity index (χ0v) is 14.3. The Morgan fingerprint density at radius 1 is 1.40 bits per heavy atom. The van der Waals surface area contributed by atoms with Gasteiger partial charge in [0.2, 0.25) is 0 Å². The zero-order valence-electron chi connectivity index (χ0n) is 11.9. The SMILES string of the molecule is CCCN=C(N)NCCCNC(=O)c1occc1C.I. The maximum atomic E-state index is 11.7. The van der Waals surface area contributed by atoms with Crippen LogP contribution in [0.15, 0.2) is 21.7 Å². The van der Waals surface area contributed by atoms with E-state index >= 15 is 0 Å². The molecule has 7 heteroatoms. The molecule has 0 atom stereocenters. The fourth-order valence-electron chi connectivity index (χ4n) is 1.48. The second-order valence-corrected chi connectivity index (χ2v) is 4.24. The lowest BCUT2D eigenvalue weighted by atomic mass is 10.2. The first kappa shape index (κ1) is 18.8. The number of nitrogens with one attached hydrogen (secondary N) is 2. The Bertz CT molecular complexity index is 432. The molecule has 1 amide bonds. The average Bonchev–Trinajstić information content (AvgIpc) is 2.82. The highest BCUT2D eigenvalue weighted by Gasteiger charge is 2.11. The van der Waals surface area contributed by atoms with Crippen LogP contribution in [0.2, 0.25) is 0 Å². The second-order valence-electron chi connectivity index (χ2n) is 4.24. The van der Waals surface area contributed by atoms with Crippen LogP contribution in [0.25, 0.3) is 0 Å². The summed E-state index contributed by atoms with van der Waals surface area (Å²) in [5.41, 5.74) is 6.47. The quantitative estimate of drug-likeness (QED) is 0.284. The number of hydrogen-bond donors (Lipinski definition) is 3. The topological polar surface area (TPSA) is 92.6 Å². The first-order valence-corrected chi connectivity index (χ1v) is 6.51. The minimum Gasteiger partial charge on any atom is -0.459 e. The summed E-state index contributed by atoms with van der Waals surface area (Å²) in [7, 11) is 0. The molecule has 0 fully saturated rings. The number of hydrogen-bond acceptors (Lipinski definition) is 3. The monoisotopic (exact) mass is 394 g/mol. The van der Waals surface area contributed by atoms with Crippen molar-refractivity contribution in [3.63, 3.8) is 0 Å². The van der Waals surface area contributed by atoms with Gasteiger partial charge in [-0.3, -0.25) is 9.79 Å². The molecule has 0 aliphatic heterocycles. The van der Waals surface area contributed by atoms with Gasteiger partial charge in [-0.05, 0) is 25.8 Å². The van der Waals surface area contributed by atoms with Gasteiger partial charge < -0.3 is 20.8 Å². The van der Waals surface area contributed by atoms with E-state index in [2.05, 4.69) is 15.6 Å². The molecule has 114 valence electrons. The van der Waals surface area contributed by atoms with Gasteiger partial charge >= 0.3 is 0 Å². The van der Waals surface area contributed by atoms with Gasteiger partial charge in [0, 0.05) is 25.2 Å². The van der Waals surface area contributed by atoms with Crippen molar-refractivity contribution in [3.8, 4) is 0 Å². The van der Waals surface area contributed by atoms with E-state index in [-0.39, 0.29) is 29.9 Å². The van der Waals surface area contributed by atoms with Gasteiger partial charge in [0.05, 0.1) is 6.26 Å². The molecule has 6 nitrogen and oxygen atoms in total. The summed E-state index contributed by atoms with van der Waals surface area (Å²) in [5.74, 6) is 0.641. The third-order valence-corrected chi connectivity index (χ3v) is 2.52. The van der Waals surface area contributed by atoms with E-state index in [1.165, 1.54) is 6.26 Å². The third kappa shape index (κ3) is 6.78. The molecule has 0 bridgehead atoms. The Labute approximate surface area is 136 Å². The average molecular weight is 394 g/mol. The predicted octanol–water partition coefficient (Wildman–Crippen LogP) is 1.64.